The van der Waals surface area contributed by atoms with E-state index in [9.17, 15) is 0 Å². The Hall–Kier alpha value is -1.02. The van der Waals surface area contributed by atoms with E-state index in [0.29, 0.717) is 0 Å². The summed E-state index contributed by atoms with van der Waals surface area (Å²) in [6.07, 6.45) is 10.2. The first-order valence-electron chi connectivity index (χ1n) is 14.3. The molecule has 2 aliphatic rings. The third-order valence-corrected chi connectivity index (χ3v) is 11.8. The summed E-state index contributed by atoms with van der Waals surface area (Å²) in [5.74, 6) is 3.67. The van der Waals surface area contributed by atoms with Crippen LogP contribution in [-0.4, -0.2) is 29.4 Å². The fourth-order valence-electron chi connectivity index (χ4n) is 4.88. The first-order valence-corrected chi connectivity index (χ1v) is 17.9. The minimum Gasteiger partial charge on any atom is -0.239 e. The molecule has 0 amide bonds. The van der Waals surface area contributed by atoms with Crippen LogP contribution >= 0.6 is 46.2 Å². The van der Waals surface area contributed by atoms with Crippen LogP contribution in [-0.2, 0) is 0 Å². The van der Waals surface area contributed by atoms with E-state index in [0.717, 1.165) is 54.5 Å². The summed E-state index contributed by atoms with van der Waals surface area (Å²) in [6.45, 7) is 11.4. The highest BCUT2D eigenvalue weighted by molar-refractivity contribution is 8.15. The summed E-state index contributed by atoms with van der Waals surface area (Å²) < 4.78 is 0.837. The van der Waals surface area contributed by atoms with Crippen molar-refractivity contribution in [2.75, 3.05) is 11.5 Å². The number of hydrogen-bond donors (Lipinski definition) is 0. The second-order valence-corrected chi connectivity index (χ2v) is 14.8. The summed E-state index contributed by atoms with van der Waals surface area (Å²) in [6, 6.07) is 8.61. The molecule has 0 saturated carbocycles. The highest BCUT2D eigenvalue weighted by atomic mass is 32.2. The highest BCUT2D eigenvalue weighted by Crippen LogP contribution is 2.49. The van der Waals surface area contributed by atoms with E-state index in [-0.39, 0.29) is 0 Å². The average molecular weight is 581 g/mol. The number of thioether (sulfide) groups is 2. The van der Waals surface area contributed by atoms with E-state index in [1.165, 1.54) is 72.3 Å². The molecular formula is C31H41BN2S4. The molecule has 0 saturated heterocycles. The third kappa shape index (κ3) is 7.19. The molecule has 0 fully saturated rings. The van der Waals surface area contributed by atoms with Crippen molar-refractivity contribution >= 4 is 80.3 Å². The monoisotopic (exact) mass is 580 g/mol. The van der Waals surface area contributed by atoms with Crippen LogP contribution in [0.25, 0.3) is 11.4 Å². The lowest BCUT2D eigenvalue weighted by Gasteiger charge is -2.15. The van der Waals surface area contributed by atoms with E-state index in [1.807, 2.05) is 40.9 Å². The Labute approximate surface area is 248 Å². The van der Waals surface area contributed by atoms with E-state index < -0.39 is 0 Å². The zero-order valence-corrected chi connectivity index (χ0v) is 26.9. The molecule has 2 aromatic rings. The van der Waals surface area contributed by atoms with Gasteiger partial charge >= 0.3 is 0 Å². The minimum absolute atomic E-state index is 0.723. The van der Waals surface area contributed by atoms with Crippen LogP contribution in [0.15, 0.2) is 45.4 Å². The van der Waals surface area contributed by atoms with Crippen LogP contribution in [0.1, 0.15) is 93.7 Å². The van der Waals surface area contributed by atoms with Crippen LogP contribution in [0.5, 0.6) is 0 Å². The zero-order chi connectivity index (χ0) is 27.1. The molecule has 0 aliphatic carbocycles. The van der Waals surface area contributed by atoms with Crippen molar-refractivity contribution < 1.29 is 0 Å². The second kappa shape index (κ2) is 14.6. The van der Waals surface area contributed by atoms with Gasteiger partial charge in [-0.25, -0.2) is 9.98 Å². The van der Waals surface area contributed by atoms with Crippen LogP contribution in [0, 0.1) is 18.8 Å². The van der Waals surface area contributed by atoms with Gasteiger partial charge in [0.2, 0.25) is 0 Å². The summed E-state index contributed by atoms with van der Waals surface area (Å²) in [5.41, 5.74) is 4.69. The molecule has 2 radical (unpaired) electrons. The van der Waals surface area contributed by atoms with Crippen LogP contribution in [0.4, 0.5) is 0 Å². The van der Waals surface area contributed by atoms with Gasteiger partial charge in [0.1, 0.15) is 17.9 Å². The van der Waals surface area contributed by atoms with Crippen molar-refractivity contribution in [3.8, 4) is 0 Å². The van der Waals surface area contributed by atoms with Crippen molar-refractivity contribution in [1.29, 1.82) is 0 Å². The van der Waals surface area contributed by atoms with Crippen LogP contribution in [0.2, 0.25) is 0 Å². The number of aryl methyl sites for hydroxylation is 1. The van der Waals surface area contributed by atoms with E-state index in [2.05, 4.69) is 52.8 Å². The van der Waals surface area contributed by atoms with E-state index in [1.54, 1.807) is 11.3 Å². The number of rotatable bonds is 14. The van der Waals surface area contributed by atoms with Crippen LogP contribution < -0.4 is 4.78 Å². The molecule has 2 aliphatic heterocycles. The molecule has 0 aromatic carbocycles. The molecule has 2 nitrogen and oxygen atoms in total. The third-order valence-electron chi connectivity index (χ3n) is 7.41. The van der Waals surface area contributed by atoms with Gasteiger partial charge in [-0.1, -0.05) is 72.3 Å². The predicted molar refractivity (Wildman–Crippen MR) is 179 cm³/mol. The fourth-order valence-corrected chi connectivity index (χ4v) is 9.10. The fraction of sp³-hybridized carbons (Fsp3) is 0.548. The highest BCUT2D eigenvalue weighted by Gasteiger charge is 2.37. The number of fused-ring (bicyclic) bond motifs is 1. The molecule has 202 valence electrons. The van der Waals surface area contributed by atoms with Crippen LogP contribution in [0.3, 0.4) is 0 Å². The Morgan fingerprint density at radius 1 is 0.737 bits per heavy atom. The maximum atomic E-state index is 6.20. The number of thiophene rings is 2. The molecule has 0 spiro atoms. The lowest BCUT2D eigenvalue weighted by Crippen LogP contribution is -2.08. The lowest BCUT2D eigenvalue weighted by molar-refractivity contribution is 0.500. The smallest absolute Gasteiger partial charge is 0.128 e. The molecule has 7 heteroatoms. The van der Waals surface area contributed by atoms with Crippen molar-refractivity contribution in [2.45, 2.75) is 86.0 Å². The zero-order valence-electron chi connectivity index (χ0n) is 23.6. The van der Waals surface area contributed by atoms with Gasteiger partial charge in [0, 0.05) is 27.5 Å². The molecule has 2 unspecified atom stereocenters. The Balaban J connectivity index is 1.71. The molecule has 0 N–H and O–H groups in total. The predicted octanol–water partition coefficient (Wildman–Crippen LogP) is 9.76. The van der Waals surface area contributed by atoms with Crippen molar-refractivity contribution in [3.63, 3.8) is 0 Å². The SMILES string of the molecule is [B]c1ccc(C2=C3C(SCC(CC)CCCC)=NC(c4ccc(C)s4)=C3C(SCC(CC)CCCC)=N2)s1. The summed E-state index contributed by atoms with van der Waals surface area (Å²) >= 11 is 7.36. The van der Waals surface area contributed by atoms with Gasteiger partial charge in [-0.2, -0.15) is 11.3 Å². The molecule has 4 heterocycles. The van der Waals surface area contributed by atoms with Gasteiger partial charge in [-0.3, -0.25) is 0 Å². The molecule has 2 atom stereocenters. The summed E-state index contributed by atoms with van der Waals surface area (Å²) in [4.78, 5) is 14.4. The maximum Gasteiger partial charge on any atom is 0.128 e. The standard InChI is InChI=1S/C31H41BN2S4/c1-6-10-12-21(8-3)18-35-30-26-27(29(34-30)24-16-17-25(32)38-24)31(36-19-22(9-4)13-11-7-2)33-28(26)23-15-14-20(5)37-23/h14-17,21-22H,6-13,18-19H2,1-5H3. The summed E-state index contributed by atoms with van der Waals surface area (Å²) in [5, 5.41) is 2.30. The summed E-state index contributed by atoms with van der Waals surface area (Å²) in [7, 11) is 6.20. The van der Waals surface area contributed by atoms with Gasteiger partial charge in [-0.05, 0) is 54.6 Å². The first-order chi connectivity index (χ1) is 18.5. The Kier molecular flexibility index (Phi) is 11.5. The van der Waals surface area contributed by atoms with Gasteiger partial charge in [-0.15, -0.1) is 34.9 Å². The molecule has 38 heavy (non-hydrogen) atoms. The van der Waals surface area contributed by atoms with Gasteiger partial charge in [0.05, 0.1) is 21.1 Å². The van der Waals surface area contributed by atoms with Gasteiger partial charge in [0.25, 0.3) is 0 Å². The number of unbranched alkanes of at least 4 members (excludes halogenated alkanes) is 2. The minimum atomic E-state index is 0.723. The Morgan fingerprint density at radius 3 is 1.63 bits per heavy atom. The number of nitrogens with zero attached hydrogens (tertiary/aromatic N) is 2. The number of hydrogen-bond acceptors (Lipinski definition) is 6. The van der Waals surface area contributed by atoms with Gasteiger partial charge in [0.15, 0.2) is 0 Å². The van der Waals surface area contributed by atoms with E-state index in [4.69, 9.17) is 17.8 Å². The average Bonchev–Trinajstić information content (AvgIpc) is 3.70. The van der Waals surface area contributed by atoms with Gasteiger partial charge < -0.3 is 0 Å². The van der Waals surface area contributed by atoms with E-state index >= 15 is 0 Å². The quantitative estimate of drug-likeness (QED) is 0.208. The van der Waals surface area contributed by atoms with Crippen molar-refractivity contribution in [1.82, 2.24) is 0 Å². The van der Waals surface area contributed by atoms with Crippen molar-refractivity contribution in [3.05, 3.63) is 50.0 Å². The topological polar surface area (TPSA) is 24.7 Å². The second-order valence-electron chi connectivity index (χ2n) is 10.3. The normalized spacial score (nSPS) is 16.8. The first kappa shape index (κ1) is 30.0. The molecular weight excluding hydrogens is 539 g/mol. The Bertz CT molecular complexity index is 1120. The lowest BCUT2D eigenvalue weighted by atomic mass is 10.0. The molecule has 0 bridgehead atoms. The molecule has 4 rings (SSSR count). The molecule has 2 aromatic heterocycles. The Morgan fingerprint density at radius 2 is 1.24 bits per heavy atom. The largest absolute Gasteiger partial charge is 0.239 e. The number of aliphatic imine (C=N–C) groups is 2. The maximum absolute atomic E-state index is 6.20. The van der Waals surface area contributed by atoms with Crippen molar-refractivity contribution in [2.24, 2.45) is 21.8 Å².